The number of hydrogen-bond acceptors (Lipinski definition) is 2. The minimum Gasteiger partial charge on any atom is -0.308 e. The molecule has 386 valence electrons. The Bertz CT molecular complexity index is 4770. The average Bonchev–Trinajstić information content (AvgIpc) is 3.66. The molecule has 4 nitrogen and oxygen atoms in total. The second kappa shape index (κ2) is 14.8. The van der Waals surface area contributed by atoms with Crippen LogP contribution in [0.25, 0.3) is 87.3 Å². The van der Waals surface area contributed by atoms with Crippen LogP contribution in [-0.2, 0) is 10.8 Å². The van der Waals surface area contributed by atoms with Crippen molar-refractivity contribution in [1.82, 2.24) is 8.80 Å². The van der Waals surface area contributed by atoms with Crippen molar-refractivity contribution >= 4 is 82.0 Å². The number of aromatic nitrogens is 2. The van der Waals surface area contributed by atoms with Gasteiger partial charge in [0.1, 0.15) is 0 Å². The lowest BCUT2D eigenvalue weighted by atomic mass is 9.51. The lowest BCUT2D eigenvalue weighted by Crippen LogP contribution is -2.45. The van der Waals surface area contributed by atoms with Crippen LogP contribution in [0, 0.1) is 17.2 Å². The van der Waals surface area contributed by atoms with E-state index in [9.17, 15) is 10.1 Å². The molecule has 21 rings (SSSR count). The molecule has 9 aliphatic carbocycles. The van der Waals surface area contributed by atoms with Gasteiger partial charge in [0.15, 0.2) is 5.78 Å². The van der Waals surface area contributed by atoms with Gasteiger partial charge in [0.25, 0.3) is 0 Å². The van der Waals surface area contributed by atoms with Crippen LogP contribution >= 0.6 is 0 Å². The van der Waals surface area contributed by atoms with Gasteiger partial charge in [0, 0.05) is 66.4 Å². The molecule has 8 aromatic carbocycles. The minimum atomic E-state index is -0.0211. The normalized spacial score (nSPS) is 23.7. The molecule has 4 aromatic heterocycles. The predicted octanol–water partition coefficient (Wildman–Crippen LogP) is 19.5. The Morgan fingerprint density at radius 1 is 0.506 bits per heavy atom. The first kappa shape index (κ1) is 45.4. The summed E-state index contributed by atoms with van der Waals surface area (Å²) >= 11 is 0. The molecule has 79 heavy (non-hydrogen) atoms. The second-order valence-corrected chi connectivity index (χ2v) is 27.5. The van der Waals surface area contributed by atoms with Crippen LogP contribution in [-0.4, -0.2) is 14.6 Å². The van der Waals surface area contributed by atoms with Crippen LogP contribution in [0.15, 0.2) is 109 Å². The first-order valence-corrected chi connectivity index (χ1v) is 30.1. The zero-order chi connectivity index (χ0) is 53.2. The molecule has 4 heteroatoms. The van der Waals surface area contributed by atoms with E-state index < -0.39 is 0 Å². The molecule has 12 aromatic rings. The Hall–Kier alpha value is -7.48. The number of ketones is 1. The van der Waals surface area contributed by atoms with Crippen LogP contribution in [0.1, 0.15) is 225 Å². The van der Waals surface area contributed by atoms with E-state index in [0.29, 0.717) is 29.5 Å². The lowest BCUT2D eigenvalue weighted by molar-refractivity contribution is 0.0898. The Labute approximate surface area is 461 Å². The summed E-state index contributed by atoms with van der Waals surface area (Å²) in [5.74, 6) is 2.16. The standard InChI is InChI=1S/C75H65N3O/c1-36(2)41-25-48(37(3)4)63(49(26-41)38(5)6)42-27-53-51-30-50-39-17-19-40(20-18-39)73(79)55(50)33-59(51)77-60-34-56-61(32-52(60)54(28-42)71(53)77)78-62-29-43(35-76)69-70(75(8)23-21-74(69,7)22-24-75)66(62)58-31-57-64-44-13-9-11-15-46(44)65(67(57)68(56)72(58)78)47-16-12-10-14-45(47)64/h9-16,25-34,36-40,64-65H,17-24H2,1-8H3. The van der Waals surface area contributed by atoms with E-state index in [1.165, 1.54) is 149 Å². The Morgan fingerprint density at radius 3 is 1.65 bits per heavy atom. The minimum absolute atomic E-state index is 0.0155. The maximum Gasteiger partial charge on any atom is 0.166 e. The summed E-state index contributed by atoms with van der Waals surface area (Å²) in [6.45, 7) is 19.1. The third-order valence-corrected chi connectivity index (χ3v) is 22.4. The molecular formula is C75H65N3O. The third kappa shape index (κ3) is 5.36. The van der Waals surface area contributed by atoms with Crippen LogP contribution < -0.4 is 0 Å². The molecule has 0 spiro atoms. The fraction of sp³-hybridized carbons (Fsp3) is 0.333. The van der Waals surface area contributed by atoms with Gasteiger partial charge >= 0.3 is 0 Å². The molecule has 0 saturated heterocycles. The highest BCUT2D eigenvalue weighted by atomic mass is 16.1. The van der Waals surface area contributed by atoms with Crippen molar-refractivity contribution < 1.29 is 4.79 Å². The molecule has 0 radical (unpaired) electrons. The van der Waals surface area contributed by atoms with Gasteiger partial charge in [-0.2, -0.15) is 5.26 Å². The molecule has 0 amide bonds. The van der Waals surface area contributed by atoms with Gasteiger partial charge in [-0.25, -0.2) is 0 Å². The van der Waals surface area contributed by atoms with Crippen LogP contribution in [0.4, 0.5) is 0 Å². The SMILES string of the molecule is CC(C)c1cc(C(C)C)c(-c2cc3c4cc5c(cc4n4c6cc7c8c9c(cc%10c%11c%12c(c(C#N)cc%11n(c7cc6c(c2)c34)c%108)C2(C)CCC%12(C)CC2)C2c3ccccc3C9c3ccccc32)C(=O)C2CCC5CC2)c(C(C)C)c1. The van der Waals surface area contributed by atoms with E-state index in [1.54, 1.807) is 0 Å². The average molecular weight is 1020 g/mol. The molecule has 4 heterocycles. The molecule has 2 fully saturated rings. The first-order chi connectivity index (χ1) is 38.2. The fourth-order valence-corrected chi connectivity index (χ4v) is 18.6. The van der Waals surface area contributed by atoms with E-state index in [1.807, 2.05) is 0 Å². The lowest BCUT2D eigenvalue weighted by Gasteiger charge is -2.52. The summed E-state index contributed by atoms with van der Waals surface area (Å²) in [5, 5.41) is 21.8. The monoisotopic (exact) mass is 1020 g/mol. The molecule has 9 aliphatic rings. The van der Waals surface area contributed by atoms with Crippen molar-refractivity contribution in [3.8, 4) is 17.2 Å². The van der Waals surface area contributed by atoms with Crippen molar-refractivity contribution in [2.45, 2.75) is 153 Å². The number of benzene rings is 8. The maximum absolute atomic E-state index is 14.7. The maximum atomic E-state index is 14.7. The highest BCUT2D eigenvalue weighted by Gasteiger charge is 2.51. The number of carbonyl (C=O) groups excluding carboxylic acids is 1. The molecule has 0 atom stereocenters. The van der Waals surface area contributed by atoms with Gasteiger partial charge < -0.3 is 8.80 Å². The quantitative estimate of drug-likeness (QED) is 0.176. The van der Waals surface area contributed by atoms with Crippen LogP contribution in [0.5, 0.6) is 0 Å². The van der Waals surface area contributed by atoms with E-state index in [-0.39, 0.29) is 28.6 Å². The highest BCUT2D eigenvalue weighted by molar-refractivity contribution is 6.31. The number of fused-ring (bicyclic) bond motifs is 16. The van der Waals surface area contributed by atoms with Crippen molar-refractivity contribution in [3.05, 3.63) is 187 Å². The number of nitrogens with zero attached hydrogens (tertiary/aromatic N) is 3. The molecule has 2 saturated carbocycles. The Morgan fingerprint density at radius 2 is 1.04 bits per heavy atom. The molecule has 0 aliphatic heterocycles. The van der Waals surface area contributed by atoms with E-state index in [2.05, 4.69) is 179 Å². The number of rotatable bonds is 4. The largest absolute Gasteiger partial charge is 0.308 e. The second-order valence-electron chi connectivity index (χ2n) is 27.5. The van der Waals surface area contributed by atoms with Crippen molar-refractivity contribution in [3.63, 3.8) is 0 Å². The van der Waals surface area contributed by atoms with Gasteiger partial charge in [-0.05, 0) is 212 Å². The number of Topliss-reactive ketones (excluding diaryl/α,β-unsaturated/α-hetero) is 1. The summed E-state index contributed by atoms with van der Waals surface area (Å²) in [7, 11) is 0. The molecule has 0 unspecified atom stereocenters. The van der Waals surface area contributed by atoms with Gasteiger partial charge in [0.2, 0.25) is 0 Å². The van der Waals surface area contributed by atoms with Crippen LogP contribution in [0.3, 0.4) is 0 Å². The zero-order valence-corrected chi connectivity index (χ0v) is 46.8. The van der Waals surface area contributed by atoms with Crippen molar-refractivity contribution in [2.75, 3.05) is 0 Å². The summed E-state index contributed by atoms with van der Waals surface area (Å²) in [6, 6.07) is 46.5. The zero-order valence-electron chi connectivity index (χ0n) is 46.8. The van der Waals surface area contributed by atoms with Crippen LogP contribution in [0.2, 0.25) is 0 Å². The van der Waals surface area contributed by atoms with Gasteiger partial charge in [-0.1, -0.05) is 116 Å². The van der Waals surface area contributed by atoms with E-state index in [0.717, 1.165) is 68.0 Å². The summed E-state index contributed by atoms with van der Waals surface area (Å²) < 4.78 is 5.23. The fourth-order valence-electron chi connectivity index (χ4n) is 18.6. The molecule has 0 N–H and O–H groups in total. The van der Waals surface area contributed by atoms with E-state index in [4.69, 9.17) is 0 Å². The summed E-state index contributed by atoms with van der Waals surface area (Å²) in [5.41, 5.74) is 28.7. The number of nitriles is 1. The van der Waals surface area contributed by atoms with E-state index >= 15 is 0 Å². The molecule has 6 bridgehead atoms. The predicted molar refractivity (Wildman–Crippen MR) is 325 cm³/mol. The third-order valence-electron chi connectivity index (χ3n) is 22.4. The smallest absolute Gasteiger partial charge is 0.166 e. The Balaban J connectivity index is 1.05. The van der Waals surface area contributed by atoms with Gasteiger partial charge in [-0.15, -0.1) is 0 Å². The highest BCUT2D eigenvalue weighted by Crippen LogP contribution is 2.64. The topological polar surface area (TPSA) is 49.7 Å². The van der Waals surface area contributed by atoms with Crippen molar-refractivity contribution in [1.29, 1.82) is 5.26 Å². The van der Waals surface area contributed by atoms with Gasteiger partial charge in [0.05, 0.1) is 44.7 Å². The number of carbonyl (C=O) groups is 1. The van der Waals surface area contributed by atoms with Gasteiger partial charge in [-0.3, -0.25) is 4.79 Å². The summed E-state index contributed by atoms with van der Waals surface area (Å²) in [6.07, 6.45) is 8.72. The van der Waals surface area contributed by atoms with Crippen molar-refractivity contribution in [2.24, 2.45) is 5.92 Å². The molecular weight excluding hydrogens is 959 g/mol. The number of hydrogen-bond donors (Lipinski definition) is 0. The summed E-state index contributed by atoms with van der Waals surface area (Å²) in [4.78, 5) is 14.7. The first-order valence-electron chi connectivity index (χ1n) is 30.1. The Kier molecular flexibility index (Phi) is 8.53.